The molecule has 0 unspecified atom stereocenters. The predicted octanol–water partition coefficient (Wildman–Crippen LogP) is 11.5. The molecule has 0 radical (unpaired) electrons. The van der Waals surface area contributed by atoms with Gasteiger partial charge in [-0.15, -0.1) is 0 Å². The SMILES string of the molecule is CCCCCCCC[C@H]1CC[C@H](CC[C@]2(C#N)CC[C@H](c3ccc(OCCCCCCC)cc3)CC2)CC1. The second-order valence-corrected chi connectivity index (χ2v) is 13.0. The summed E-state index contributed by atoms with van der Waals surface area (Å²) in [5.74, 6) is 3.48. The van der Waals surface area contributed by atoms with Crippen LogP contribution in [0.15, 0.2) is 24.3 Å². The van der Waals surface area contributed by atoms with E-state index in [9.17, 15) is 5.26 Å². The number of ether oxygens (including phenoxy) is 1. The van der Waals surface area contributed by atoms with Gasteiger partial charge >= 0.3 is 0 Å². The lowest BCUT2D eigenvalue weighted by Gasteiger charge is -2.37. The summed E-state index contributed by atoms with van der Waals surface area (Å²) in [7, 11) is 0. The van der Waals surface area contributed by atoms with E-state index < -0.39 is 0 Å². The van der Waals surface area contributed by atoms with E-state index >= 15 is 0 Å². The maximum Gasteiger partial charge on any atom is 0.119 e. The minimum absolute atomic E-state index is 0.0628. The van der Waals surface area contributed by atoms with Crippen molar-refractivity contribution in [2.45, 2.75) is 161 Å². The van der Waals surface area contributed by atoms with Crippen LogP contribution in [0.25, 0.3) is 0 Å². The molecule has 0 N–H and O–H groups in total. The third-order valence-corrected chi connectivity index (χ3v) is 10.0. The van der Waals surface area contributed by atoms with Gasteiger partial charge in [-0.05, 0) is 80.4 Å². The molecule has 2 heteroatoms. The van der Waals surface area contributed by atoms with Crippen molar-refractivity contribution in [1.29, 1.82) is 5.26 Å². The zero-order valence-electron chi connectivity index (χ0n) is 25.2. The zero-order valence-corrected chi connectivity index (χ0v) is 25.2. The van der Waals surface area contributed by atoms with Crippen LogP contribution in [-0.2, 0) is 0 Å². The summed E-state index contributed by atoms with van der Waals surface area (Å²) >= 11 is 0. The summed E-state index contributed by atoms with van der Waals surface area (Å²) in [5.41, 5.74) is 1.38. The molecular formula is C36H59NO. The Balaban J connectivity index is 1.31. The Kier molecular flexibility index (Phi) is 14.7. The highest BCUT2D eigenvalue weighted by Gasteiger charge is 2.36. The van der Waals surface area contributed by atoms with Crippen LogP contribution in [0.5, 0.6) is 5.75 Å². The molecule has 214 valence electrons. The maximum atomic E-state index is 10.2. The molecule has 0 bridgehead atoms. The van der Waals surface area contributed by atoms with Gasteiger partial charge in [0.05, 0.1) is 18.1 Å². The van der Waals surface area contributed by atoms with Gasteiger partial charge in [0.1, 0.15) is 5.75 Å². The van der Waals surface area contributed by atoms with Crippen molar-refractivity contribution in [1.82, 2.24) is 0 Å². The van der Waals surface area contributed by atoms with Crippen molar-refractivity contribution >= 4 is 0 Å². The van der Waals surface area contributed by atoms with E-state index in [4.69, 9.17) is 4.74 Å². The van der Waals surface area contributed by atoms with Gasteiger partial charge in [-0.3, -0.25) is 0 Å². The first-order chi connectivity index (χ1) is 18.7. The summed E-state index contributed by atoms with van der Waals surface area (Å²) < 4.78 is 5.97. The highest BCUT2D eigenvalue weighted by molar-refractivity contribution is 5.30. The van der Waals surface area contributed by atoms with E-state index in [1.807, 2.05) is 0 Å². The van der Waals surface area contributed by atoms with Crippen molar-refractivity contribution in [2.75, 3.05) is 6.61 Å². The smallest absolute Gasteiger partial charge is 0.119 e. The van der Waals surface area contributed by atoms with Gasteiger partial charge in [0.25, 0.3) is 0 Å². The number of hydrogen-bond donors (Lipinski definition) is 0. The molecule has 3 rings (SSSR count). The normalized spacial score (nSPS) is 25.7. The fourth-order valence-corrected chi connectivity index (χ4v) is 7.16. The molecule has 0 aromatic heterocycles. The number of unbranched alkanes of at least 4 members (excludes halogenated alkanes) is 9. The van der Waals surface area contributed by atoms with Crippen LogP contribution >= 0.6 is 0 Å². The lowest BCUT2D eigenvalue weighted by atomic mass is 9.66. The summed E-state index contributed by atoms with van der Waals surface area (Å²) in [6.07, 6.45) is 29.0. The molecule has 2 fully saturated rings. The molecule has 0 spiro atoms. The first-order valence-corrected chi connectivity index (χ1v) is 16.8. The average molecular weight is 522 g/mol. The molecule has 0 aliphatic heterocycles. The van der Waals surface area contributed by atoms with E-state index in [1.54, 1.807) is 0 Å². The van der Waals surface area contributed by atoms with Crippen LogP contribution in [0.3, 0.4) is 0 Å². The minimum atomic E-state index is -0.0628. The summed E-state index contributed by atoms with van der Waals surface area (Å²) in [4.78, 5) is 0. The molecule has 38 heavy (non-hydrogen) atoms. The third kappa shape index (κ3) is 10.9. The van der Waals surface area contributed by atoms with Gasteiger partial charge in [0.2, 0.25) is 0 Å². The summed E-state index contributed by atoms with van der Waals surface area (Å²) in [5, 5.41) is 10.2. The van der Waals surface area contributed by atoms with Gasteiger partial charge < -0.3 is 4.74 Å². The number of benzene rings is 1. The first kappa shape index (κ1) is 31.0. The van der Waals surface area contributed by atoms with E-state index in [0.29, 0.717) is 5.92 Å². The van der Waals surface area contributed by atoms with Crippen LogP contribution in [0.2, 0.25) is 0 Å². The Bertz CT molecular complexity index is 762. The lowest BCUT2D eigenvalue weighted by Crippen LogP contribution is -2.27. The second kappa shape index (κ2) is 18.0. The molecule has 0 amide bonds. The molecule has 2 aliphatic rings. The van der Waals surface area contributed by atoms with Crippen LogP contribution in [-0.4, -0.2) is 6.61 Å². The molecular weight excluding hydrogens is 462 g/mol. The standard InChI is InChI=1S/C36H59NO/c1-3-5-7-9-10-12-14-31-15-17-32(18-16-31)23-26-36(30-37)27-24-34(25-28-36)33-19-21-35(22-20-33)38-29-13-11-8-6-4-2/h19-22,31-32,34H,3-18,23-29H2,1-2H3/t31-,32-,34-,36-. The van der Waals surface area contributed by atoms with Crippen LogP contribution in [0.4, 0.5) is 0 Å². The monoisotopic (exact) mass is 521 g/mol. The van der Waals surface area contributed by atoms with Crippen molar-refractivity contribution in [3.63, 3.8) is 0 Å². The first-order valence-electron chi connectivity index (χ1n) is 16.8. The molecule has 1 aromatic carbocycles. The van der Waals surface area contributed by atoms with E-state index in [0.717, 1.165) is 62.7 Å². The number of nitrogens with zero attached hydrogens (tertiary/aromatic N) is 1. The average Bonchev–Trinajstić information content (AvgIpc) is 2.97. The van der Waals surface area contributed by atoms with Crippen molar-refractivity contribution in [2.24, 2.45) is 17.3 Å². The highest BCUT2D eigenvalue weighted by atomic mass is 16.5. The molecule has 2 aliphatic carbocycles. The molecule has 1 aromatic rings. The topological polar surface area (TPSA) is 33.0 Å². The Hall–Kier alpha value is -1.49. The van der Waals surface area contributed by atoms with Crippen molar-refractivity contribution in [3.8, 4) is 11.8 Å². The van der Waals surface area contributed by atoms with Crippen LogP contribution in [0, 0.1) is 28.6 Å². The van der Waals surface area contributed by atoms with Crippen molar-refractivity contribution < 1.29 is 4.74 Å². The Labute approximate surface area is 236 Å². The van der Waals surface area contributed by atoms with Gasteiger partial charge in [0, 0.05) is 0 Å². The van der Waals surface area contributed by atoms with Crippen LogP contribution < -0.4 is 4.74 Å². The van der Waals surface area contributed by atoms with Gasteiger partial charge in [0.15, 0.2) is 0 Å². The van der Waals surface area contributed by atoms with Crippen LogP contribution in [0.1, 0.15) is 167 Å². The second-order valence-electron chi connectivity index (χ2n) is 13.0. The van der Waals surface area contributed by atoms with E-state index in [2.05, 4.69) is 44.2 Å². The molecule has 2 saturated carbocycles. The minimum Gasteiger partial charge on any atom is -0.494 e. The van der Waals surface area contributed by atoms with Gasteiger partial charge in [-0.1, -0.05) is 122 Å². The number of rotatable bonds is 18. The molecule has 0 heterocycles. The Morgan fingerprint density at radius 1 is 0.711 bits per heavy atom. The van der Waals surface area contributed by atoms with Gasteiger partial charge in [-0.25, -0.2) is 0 Å². The third-order valence-electron chi connectivity index (χ3n) is 10.0. The highest BCUT2D eigenvalue weighted by Crippen LogP contribution is 2.47. The Morgan fingerprint density at radius 3 is 1.87 bits per heavy atom. The Morgan fingerprint density at radius 2 is 1.26 bits per heavy atom. The van der Waals surface area contributed by atoms with E-state index in [1.165, 1.54) is 108 Å². The molecule has 0 atom stereocenters. The lowest BCUT2D eigenvalue weighted by molar-refractivity contribution is 0.185. The number of nitriles is 1. The zero-order chi connectivity index (χ0) is 26.9. The number of hydrogen-bond acceptors (Lipinski definition) is 2. The fourth-order valence-electron chi connectivity index (χ4n) is 7.16. The summed E-state index contributed by atoms with van der Waals surface area (Å²) in [6.45, 7) is 5.39. The molecule has 0 saturated heterocycles. The predicted molar refractivity (Wildman–Crippen MR) is 163 cm³/mol. The van der Waals surface area contributed by atoms with Crippen molar-refractivity contribution in [3.05, 3.63) is 29.8 Å². The maximum absolute atomic E-state index is 10.2. The largest absolute Gasteiger partial charge is 0.494 e. The summed E-state index contributed by atoms with van der Waals surface area (Å²) in [6, 6.07) is 11.7. The van der Waals surface area contributed by atoms with Gasteiger partial charge in [-0.2, -0.15) is 5.26 Å². The fraction of sp³-hybridized carbons (Fsp3) is 0.806. The molecule has 2 nitrogen and oxygen atoms in total. The van der Waals surface area contributed by atoms with E-state index in [-0.39, 0.29) is 5.41 Å². The quantitative estimate of drug-likeness (QED) is 0.180.